The lowest BCUT2D eigenvalue weighted by molar-refractivity contribution is -0.142. The van der Waals surface area contributed by atoms with Gasteiger partial charge in [0.2, 0.25) is 5.95 Å². The molecule has 31 heavy (non-hydrogen) atoms. The molecule has 0 spiro atoms. The second-order valence-electron chi connectivity index (χ2n) is 6.09. The van der Waals surface area contributed by atoms with Crippen LogP contribution in [0.15, 0.2) is 36.8 Å². The second-order valence-corrected chi connectivity index (χ2v) is 6.09. The van der Waals surface area contributed by atoms with Gasteiger partial charge in [0.25, 0.3) is 5.91 Å². The van der Waals surface area contributed by atoms with Crippen molar-refractivity contribution in [1.82, 2.24) is 25.1 Å². The molecule has 160 valence electrons. The molecule has 0 unspecified atom stereocenters. The largest absolute Gasteiger partial charge is 0.408 e. The normalized spacial score (nSPS) is 11.1. The molecule has 2 N–H and O–H groups in total. The van der Waals surface area contributed by atoms with Gasteiger partial charge in [-0.1, -0.05) is 6.07 Å². The van der Waals surface area contributed by atoms with E-state index in [1.807, 2.05) is 0 Å². The number of hydrogen-bond acceptors (Lipinski definition) is 6. The van der Waals surface area contributed by atoms with Crippen molar-refractivity contribution in [1.29, 1.82) is 5.26 Å². The number of nitrogens with zero attached hydrogens (tertiary/aromatic N) is 5. The summed E-state index contributed by atoms with van der Waals surface area (Å²) >= 11 is 0. The molecule has 1 aromatic carbocycles. The zero-order chi connectivity index (χ0) is 22.6. The fourth-order valence-electron chi connectivity index (χ4n) is 2.52. The van der Waals surface area contributed by atoms with Gasteiger partial charge in [0.15, 0.2) is 5.82 Å². The lowest BCUT2D eigenvalue weighted by atomic mass is 10.1. The SMILES string of the molecule is N#CCNC(=O)c1ccc(-c2nc(Nc3cnn(CC(F)(F)F)c3)ncc2F)cc1F. The molecule has 0 radical (unpaired) electrons. The first-order valence-corrected chi connectivity index (χ1v) is 8.50. The van der Waals surface area contributed by atoms with Crippen molar-refractivity contribution in [2.24, 2.45) is 0 Å². The average Bonchev–Trinajstić information content (AvgIpc) is 3.12. The van der Waals surface area contributed by atoms with Crippen LogP contribution in [0.25, 0.3) is 11.3 Å². The molecular weight excluding hydrogens is 425 g/mol. The summed E-state index contributed by atoms with van der Waals surface area (Å²) in [6.07, 6.45) is -1.48. The molecule has 8 nitrogen and oxygen atoms in total. The summed E-state index contributed by atoms with van der Waals surface area (Å²) in [5, 5.41) is 16.8. The number of amides is 1. The molecular formula is C18H12F5N7O. The minimum atomic E-state index is -4.45. The van der Waals surface area contributed by atoms with Gasteiger partial charge >= 0.3 is 6.18 Å². The maximum absolute atomic E-state index is 14.3. The van der Waals surface area contributed by atoms with E-state index in [0.717, 1.165) is 30.7 Å². The van der Waals surface area contributed by atoms with E-state index in [9.17, 15) is 26.7 Å². The van der Waals surface area contributed by atoms with Gasteiger partial charge < -0.3 is 10.6 Å². The zero-order valence-electron chi connectivity index (χ0n) is 15.4. The number of rotatable bonds is 6. The summed E-state index contributed by atoms with van der Waals surface area (Å²) in [6, 6.07) is 4.92. The first kappa shape index (κ1) is 21.6. The Morgan fingerprint density at radius 1 is 1.19 bits per heavy atom. The number of hydrogen-bond donors (Lipinski definition) is 2. The van der Waals surface area contributed by atoms with Crippen LogP contribution in [0, 0.1) is 23.0 Å². The van der Waals surface area contributed by atoms with Crippen LogP contribution in [0.1, 0.15) is 10.4 Å². The summed E-state index contributed by atoms with van der Waals surface area (Å²) in [5.41, 5.74) is -0.533. The molecule has 13 heteroatoms. The Bertz CT molecular complexity index is 1150. The van der Waals surface area contributed by atoms with Gasteiger partial charge in [-0.3, -0.25) is 9.48 Å². The fourth-order valence-corrected chi connectivity index (χ4v) is 2.52. The molecule has 0 bridgehead atoms. The van der Waals surface area contributed by atoms with Crippen molar-refractivity contribution in [3.05, 3.63) is 54.0 Å². The first-order valence-electron chi connectivity index (χ1n) is 8.50. The van der Waals surface area contributed by atoms with Crippen LogP contribution in [-0.4, -0.2) is 38.4 Å². The molecule has 0 fully saturated rings. The molecule has 3 rings (SSSR count). The van der Waals surface area contributed by atoms with Gasteiger partial charge in [0, 0.05) is 11.8 Å². The molecule has 0 saturated carbocycles. The summed E-state index contributed by atoms with van der Waals surface area (Å²) < 4.78 is 66.4. The zero-order valence-corrected chi connectivity index (χ0v) is 15.4. The highest BCUT2D eigenvalue weighted by Crippen LogP contribution is 2.25. The number of carbonyl (C=O) groups excluding carboxylic acids is 1. The summed E-state index contributed by atoms with van der Waals surface area (Å²) in [6.45, 7) is -1.60. The molecule has 0 aliphatic heterocycles. The lowest BCUT2D eigenvalue weighted by Crippen LogP contribution is -2.24. The topological polar surface area (TPSA) is 109 Å². The maximum atomic E-state index is 14.3. The average molecular weight is 437 g/mol. The quantitative estimate of drug-likeness (QED) is 0.453. The Balaban J connectivity index is 1.82. The number of nitrogens with one attached hydrogen (secondary N) is 2. The van der Waals surface area contributed by atoms with Crippen LogP contribution in [0.2, 0.25) is 0 Å². The number of nitriles is 1. The summed E-state index contributed by atoms with van der Waals surface area (Å²) in [5.74, 6) is -2.83. The van der Waals surface area contributed by atoms with Gasteiger partial charge in [-0.25, -0.2) is 18.7 Å². The minimum Gasteiger partial charge on any atom is -0.339 e. The standard InChI is InChI=1S/C18H12F5N7O/c19-13-5-10(1-2-12(13)16(31)25-4-3-24)15-14(20)7-26-17(29-15)28-11-6-27-30(8-11)9-18(21,22)23/h1-2,5-8H,4,9H2,(H,25,31)(H,26,28,29). The van der Waals surface area contributed by atoms with Crippen LogP contribution in [0.4, 0.5) is 33.6 Å². The van der Waals surface area contributed by atoms with E-state index >= 15 is 0 Å². The number of anilines is 2. The predicted molar refractivity (Wildman–Crippen MR) is 96.9 cm³/mol. The van der Waals surface area contributed by atoms with Crippen molar-refractivity contribution in [3.63, 3.8) is 0 Å². The number of aromatic nitrogens is 4. The van der Waals surface area contributed by atoms with Crippen LogP contribution >= 0.6 is 0 Å². The molecule has 0 atom stereocenters. The second kappa shape index (κ2) is 8.74. The van der Waals surface area contributed by atoms with Gasteiger partial charge in [-0.2, -0.15) is 23.5 Å². The maximum Gasteiger partial charge on any atom is 0.408 e. The van der Waals surface area contributed by atoms with Gasteiger partial charge in [0.1, 0.15) is 24.6 Å². The molecule has 0 saturated heterocycles. The van der Waals surface area contributed by atoms with E-state index in [0.29, 0.717) is 4.68 Å². The number of carbonyl (C=O) groups is 1. The summed E-state index contributed by atoms with van der Waals surface area (Å²) in [4.78, 5) is 19.4. The predicted octanol–water partition coefficient (Wildman–Crippen LogP) is 3.18. The Kier molecular flexibility index (Phi) is 6.10. The number of halogens is 5. The Labute approximate surface area is 171 Å². The Hall–Kier alpha value is -4.08. The highest BCUT2D eigenvalue weighted by Gasteiger charge is 2.28. The fraction of sp³-hybridized carbons (Fsp3) is 0.167. The van der Waals surface area contributed by atoms with Crippen LogP contribution in [0.3, 0.4) is 0 Å². The monoisotopic (exact) mass is 437 g/mol. The van der Waals surface area contributed by atoms with E-state index in [-0.39, 0.29) is 35.0 Å². The molecule has 3 aromatic rings. The lowest BCUT2D eigenvalue weighted by Gasteiger charge is -2.08. The molecule has 2 heterocycles. The highest BCUT2D eigenvalue weighted by atomic mass is 19.4. The molecule has 2 aromatic heterocycles. The first-order chi connectivity index (χ1) is 14.7. The van der Waals surface area contributed by atoms with Gasteiger partial charge in [0.05, 0.1) is 29.7 Å². The number of benzene rings is 1. The third kappa shape index (κ3) is 5.50. The van der Waals surface area contributed by atoms with Gasteiger partial charge in [-0.05, 0) is 12.1 Å². The summed E-state index contributed by atoms with van der Waals surface area (Å²) in [7, 11) is 0. The van der Waals surface area contributed by atoms with Crippen LogP contribution < -0.4 is 10.6 Å². The van der Waals surface area contributed by atoms with Crippen LogP contribution in [-0.2, 0) is 6.54 Å². The van der Waals surface area contributed by atoms with E-state index in [4.69, 9.17) is 5.26 Å². The van der Waals surface area contributed by atoms with E-state index in [2.05, 4.69) is 25.7 Å². The third-order valence-electron chi connectivity index (χ3n) is 3.79. The highest BCUT2D eigenvalue weighted by molar-refractivity contribution is 5.95. The van der Waals surface area contributed by atoms with Crippen molar-refractivity contribution in [2.75, 3.05) is 11.9 Å². The van der Waals surface area contributed by atoms with Crippen molar-refractivity contribution in [3.8, 4) is 17.3 Å². The Morgan fingerprint density at radius 2 is 1.97 bits per heavy atom. The Morgan fingerprint density at radius 3 is 2.65 bits per heavy atom. The van der Waals surface area contributed by atoms with Crippen molar-refractivity contribution in [2.45, 2.75) is 12.7 Å². The van der Waals surface area contributed by atoms with Crippen LogP contribution in [0.5, 0.6) is 0 Å². The number of alkyl halides is 3. The van der Waals surface area contributed by atoms with Crippen molar-refractivity contribution >= 4 is 17.5 Å². The molecule has 0 aliphatic carbocycles. The van der Waals surface area contributed by atoms with Crippen molar-refractivity contribution < 1.29 is 26.7 Å². The minimum absolute atomic E-state index is 0.00921. The van der Waals surface area contributed by atoms with E-state index in [1.165, 1.54) is 6.07 Å². The van der Waals surface area contributed by atoms with E-state index < -0.39 is 30.3 Å². The van der Waals surface area contributed by atoms with Gasteiger partial charge in [-0.15, -0.1) is 0 Å². The van der Waals surface area contributed by atoms with E-state index in [1.54, 1.807) is 6.07 Å². The molecule has 1 amide bonds. The smallest absolute Gasteiger partial charge is 0.339 e. The third-order valence-corrected chi connectivity index (χ3v) is 3.79. The molecule has 0 aliphatic rings.